The number of nitrogens with zero attached hydrogens (tertiary/aromatic N) is 4. The number of fused-ring (bicyclic) bond motifs is 1. The van der Waals surface area contributed by atoms with Crippen LogP contribution in [-0.2, 0) is 17.5 Å². The van der Waals surface area contributed by atoms with Crippen molar-refractivity contribution in [2.24, 2.45) is 0 Å². The fraction of sp³-hybridized carbons (Fsp3) is 0.231. The lowest BCUT2D eigenvalue weighted by Crippen LogP contribution is -2.03. The van der Waals surface area contributed by atoms with E-state index in [0.717, 1.165) is 6.20 Å². The minimum absolute atomic E-state index is 0.120. The molecule has 0 aliphatic carbocycles. The molecule has 0 bridgehead atoms. The number of anilines is 2. The summed E-state index contributed by atoms with van der Waals surface area (Å²) in [5.41, 5.74) is 0.313. The first kappa shape index (κ1) is 16.8. The zero-order chi connectivity index (χ0) is 17.3. The number of nitrogens with one attached hydrogen (secondary N) is 1. The fourth-order valence-electron chi connectivity index (χ4n) is 1.90. The molecule has 0 atom stereocenters. The molecule has 0 fully saturated rings. The Morgan fingerprint density at radius 2 is 2.04 bits per heavy atom. The second-order valence-corrected chi connectivity index (χ2v) is 6.00. The standard InChI is InChI=1S/C13H9ClF3N5OS/c1-23-5-8-20-10-6(2-3-7(14)19-10)11(21-8)22-9-4-18-12(24-9)13(15,16)17/h2-4H,5H2,1H3,(H,19,20,21,22). The van der Waals surface area contributed by atoms with Crippen molar-refractivity contribution in [3.63, 3.8) is 0 Å². The van der Waals surface area contributed by atoms with Gasteiger partial charge in [0.25, 0.3) is 0 Å². The number of pyridine rings is 1. The molecule has 1 N–H and O–H groups in total. The number of aromatic nitrogens is 4. The number of hydrogen-bond acceptors (Lipinski definition) is 7. The highest BCUT2D eigenvalue weighted by atomic mass is 35.5. The molecule has 6 nitrogen and oxygen atoms in total. The monoisotopic (exact) mass is 375 g/mol. The molecule has 0 amide bonds. The first-order valence-electron chi connectivity index (χ1n) is 6.49. The van der Waals surface area contributed by atoms with Crippen molar-refractivity contribution in [1.82, 2.24) is 19.9 Å². The second-order valence-electron chi connectivity index (χ2n) is 4.58. The maximum absolute atomic E-state index is 12.7. The summed E-state index contributed by atoms with van der Waals surface area (Å²) >= 11 is 6.34. The van der Waals surface area contributed by atoms with Gasteiger partial charge in [-0.05, 0) is 12.1 Å². The van der Waals surface area contributed by atoms with Crippen molar-refractivity contribution in [2.75, 3.05) is 12.4 Å². The average Bonchev–Trinajstić information content (AvgIpc) is 2.96. The van der Waals surface area contributed by atoms with Gasteiger partial charge in [-0.15, -0.1) is 0 Å². The van der Waals surface area contributed by atoms with E-state index < -0.39 is 11.2 Å². The Morgan fingerprint density at radius 1 is 1.25 bits per heavy atom. The first-order chi connectivity index (χ1) is 11.4. The third-order valence-electron chi connectivity index (χ3n) is 2.84. The van der Waals surface area contributed by atoms with Crippen LogP contribution in [0.1, 0.15) is 10.8 Å². The van der Waals surface area contributed by atoms with Gasteiger partial charge in [-0.3, -0.25) is 0 Å². The minimum atomic E-state index is -4.49. The highest BCUT2D eigenvalue weighted by Crippen LogP contribution is 2.36. The number of hydrogen-bond donors (Lipinski definition) is 1. The summed E-state index contributed by atoms with van der Waals surface area (Å²) in [4.78, 5) is 15.9. The molecule has 0 aliphatic heterocycles. The van der Waals surface area contributed by atoms with Crippen LogP contribution < -0.4 is 5.32 Å². The zero-order valence-corrected chi connectivity index (χ0v) is 13.6. The van der Waals surface area contributed by atoms with E-state index in [2.05, 4.69) is 25.3 Å². The highest BCUT2D eigenvalue weighted by Gasteiger charge is 2.34. The third kappa shape index (κ3) is 3.55. The third-order valence-corrected chi connectivity index (χ3v) is 4.00. The van der Waals surface area contributed by atoms with Gasteiger partial charge in [0.05, 0.1) is 11.6 Å². The number of rotatable bonds is 4. The maximum atomic E-state index is 12.7. The molecule has 0 aliphatic rings. The van der Waals surface area contributed by atoms with Crippen molar-refractivity contribution in [2.45, 2.75) is 12.8 Å². The Labute approximate surface area is 142 Å². The molecule has 3 heterocycles. The molecule has 0 unspecified atom stereocenters. The number of thiazole rings is 1. The van der Waals surface area contributed by atoms with Crippen LogP contribution in [0.15, 0.2) is 18.3 Å². The average molecular weight is 376 g/mol. The van der Waals surface area contributed by atoms with Gasteiger partial charge in [0.1, 0.15) is 22.6 Å². The van der Waals surface area contributed by atoms with Crippen LogP contribution in [0.25, 0.3) is 11.0 Å². The summed E-state index contributed by atoms with van der Waals surface area (Å²) in [5.74, 6) is 0.622. The van der Waals surface area contributed by atoms with Gasteiger partial charge >= 0.3 is 6.18 Å². The quantitative estimate of drug-likeness (QED) is 0.694. The van der Waals surface area contributed by atoms with Gasteiger partial charge in [0.15, 0.2) is 16.5 Å². The van der Waals surface area contributed by atoms with Gasteiger partial charge in [-0.1, -0.05) is 22.9 Å². The van der Waals surface area contributed by atoms with Gasteiger partial charge in [0.2, 0.25) is 0 Å². The van der Waals surface area contributed by atoms with Gasteiger partial charge < -0.3 is 10.1 Å². The Kier molecular flexibility index (Phi) is 4.52. The Hall–Kier alpha value is -2.04. The summed E-state index contributed by atoms with van der Waals surface area (Å²) in [6.45, 7) is 0.120. The van der Waals surface area contributed by atoms with E-state index in [-0.39, 0.29) is 16.8 Å². The number of ether oxygens (including phenoxy) is 1. The lowest BCUT2D eigenvalue weighted by Gasteiger charge is -2.09. The van der Waals surface area contributed by atoms with E-state index in [1.165, 1.54) is 7.11 Å². The molecule has 3 rings (SSSR count). The van der Waals surface area contributed by atoms with E-state index in [0.29, 0.717) is 34.0 Å². The molecule has 0 spiro atoms. The second kappa shape index (κ2) is 6.46. The lowest BCUT2D eigenvalue weighted by molar-refractivity contribution is -0.137. The van der Waals surface area contributed by atoms with E-state index in [4.69, 9.17) is 16.3 Å². The largest absolute Gasteiger partial charge is 0.443 e. The predicted octanol–water partition coefficient (Wildman–Crippen LogP) is 4.04. The smallest absolute Gasteiger partial charge is 0.377 e. The Balaban J connectivity index is 2.02. The fourth-order valence-corrected chi connectivity index (χ4v) is 2.73. The zero-order valence-electron chi connectivity index (χ0n) is 12.1. The van der Waals surface area contributed by atoms with Crippen molar-refractivity contribution in [3.8, 4) is 0 Å². The molecule has 3 aromatic heterocycles. The van der Waals surface area contributed by atoms with Gasteiger partial charge in [0, 0.05) is 7.11 Å². The van der Waals surface area contributed by atoms with Crippen LogP contribution in [0.2, 0.25) is 5.15 Å². The Morgan fingerprint density at radius 3 is 2.71 bits per heavy atom. The summed E-state index contributed by atoms with van der Waals surface area (Å²) in [5, 5.41) is 2.83. The molecular weight excluding hydrogens is 367 g/mol. The number of alkyl halides is 3. The normalized spacial score (nSPS) is 11.9. The minimum Gasteiger partial charge on any atom is -0.377 e. The van der Waals surface area contributed by atoms with Crippen molar-refractivity contribution in [1.29, 1.82) is 0 Å². The number of halogens is 4. The van der Waals surface area contributed by atoms with Crippen LogP contribution in [0.4, 0.5) is 24.0 Å². The van der Waals surface area contributed by atoms with Crippen LogP contribution in [-0.4, -0.2) is 27.0 Å². The summed E-state index contributed by atoms with van der Waals surface area (Å²) in [6.07, 6.45) is -3.39. The van der Waals surface area contributed by atoms with Crippen molar-refractivity contribution in [3.05, 3.63) is 34.3 Å². The molecule has 0 saturated carbocycles. The van der Waals surface area contributed by atoms with E-state index in [1.54, 1.807) is 12.1 Å². The first-order valence-corrected chi connectivity index (χ1v) is 7.68. The van der Waals surface area contributed by atoms with E-state index >= 15 is 0 Å². The highest BCUT2D eigenvalue weighted by molar-refractivity contribution is 7.15. The van der Waals surface area contributed by atoms with Gasteiger partial charge in [-0.25, -0.2) is 19.9 Å². The molecular formula is C13H9ClF3N5OS. The molecule has 11 heteroatoms. The van der Waals surface area contributed by atoms with Crippen LogP contribution in [0.5, 0.6) is 0 Å². The molecule has 0 aromatic carbocycles. The van der Waals surface area contributed by atoms with Crippen molar-refractivity contribution >= 4 is 44.8 Å². The van der Waals surface area contributed by atoms with Crippen molar-refractivity contribution < 1.29 is 17.9 Å². The number of methoxy groups -OCH3 is 1. The molecule has 3 aromatic rings. The Bertz CT molecular complexity index is 886. The summed E-state index contributed by atoms with van der Waals surface area (Å²) < 4.78 is 43.0. The summed E-state index contributed by atoms with van der Waals surface area (Å²) in [6, 6.07) is 3.18. The van der Waals surface area contributed by atoms with E-state index in [1.807, 2.05) is 0 Å². The summed E-state index contributed by atoms with van der Waals surface area (Å²) in [7, 11) is 1.48. The van der Waals surface area contributed by atoms with E-state index in [9.17, 15) is 13.2 Å². The maximum Gasteiger partial charge on any atom is 0.443 e. The molecule has 0 radical (unpaired) electrons. The molecule has 24 heavy (non-hydrogen) atoms. The van der Waals surface area contributed by atoms with Crippen LogP contribution in [0.3, 0.4) is 0 Å². The SMILES string of the molecule is COCc1nc(Nc2cnc(C(F)(F)F)s2)c2ccc(Cl)nc2n1. The molecule has 126 valence electrons. The van der Waals surface area contributed by atoms with Crippen LogP contribution >= 0.6 is 22.9 Å². The van der Waals surface area contributed by atoms with Crippen LogP contribution in [0, 0.1) is 0 Å². The van der Waals surface area contributed by atoms with Gasteiger partial charge in [-0.2, -0.15) is 13.2 Å². The topological polar surface area (TPSA) is 72.8 Å². The molecule has 0 saturated heterocycles. The predicted molar refractivity (Wildman–Crippen MR) is 83.5 cm³/mol. The lowest BCUT2D eigenvalue weighted by atomic mass is 10.3.